The Kier molecular flexibility index (Phi) is 1.88. The molecule has 1 saturated carbocycles. The molecule has 4 aliphatic carbocycles. The number of aliphatic hydroxyl groups is 1. The Bertz CT molecular complexity index is 303. The van der Waals surface area contributed by atoms with E-state index in [2.05, 4.69) is 24.3 Å². The van der Waals surface area contributed by atoms with Crippen LogP contribution in [0.4, 0.5) is 0 Å². The molecule has 14 heavy (non-hydrogen) atoms. The molecule has 74 valence electrons. The van der Waals surface area contributed by atoms with E-state index in [0.29, 0.717) is 11.8 Å². The Morgan fingerprint density at radius 2 is 1.43 bits per heavy atom. The zero-order valence-corrected chi connectivity index (χ0v) is 8.32. The first-order valence-electron chi connectivity index (χ1n) is 5.61. The maximum atomic E-state index is 9.62. The molecule has 1 nitrogen and oxygen atoms in total. The Balaban J connectivity index is 2.04. The summed E-state index contributed by atoms with van der Waals surface area (Å²) in [6.07, 6.45) is 13.4. The zero-order valence-electron chi connectivity index (χ0n) is 8.32. The van der Waals surface area contributed by atoms with Crippen molar-refractivity contribution in [3.8, 4) is 0 Å². The molecule has 2 bridgehead atoms. The Morgan fingerprint density at radius 3 is 1.86 bits per heavy atom. The second-order valence-electron chi connectivity index (χ2n) is 4.62. The fourth-order valence-electron chi connectivity index (χ4n) is 2.93. The van der Waals surface area contributed by atoms with Crippen LogP contribution in [0.25, 0.3) is 0 Å². The minimum absolute atomic E-state index is 0.153. The van der Waals surface area contributed by atoms with Crippen molar-refractivity contribution in [3.05, 3.63) is 35.5 Å². The van der Waals surface area contributed by atoms with Gasteiger partial charge in [0, 0.05) is 11.8 Å². The largest absolute Gasteiger partial charge is 0.392 e. The lowest BCUT2D eigenvalue weighted by Gasteiger charge is -2.35. The summed E-state index contributed by atoms with van der Waals surface area (Å²) in [6.45, 7) is 0. The van der Waals surface area contributed by atoms with Gasteiger partial charge in [-0.3, -0.25) is 0 Å². The van der Waals surface area contributed by atoms with Gasteiger partial charge in [0.15, 0.2) is 0 Å². The molecule has 0 heterocycles. The lowest BCUT2D eigenvalue weighted by Crippen LogP contribution is -2.22. The summed E-state index contributed by atoms with van der Waals surface area (Å²) in [7, 11) is 0. The number of hydrogen-bond acceptors (Lipinski definition) is 1. The van der Waals surface area contributed by atoms with E-state index in [1.54, 1.807) is 0 Å². The smallest absolute Gasteiger partial charge is 0.0609 e. The molecule has 2 atom stereocenters. The topological polar surface area (TPSA) is 20.2 Å². The van der Waals surface area contributed by atoms with Gasteiger partial charge in [-0.15, -0.1) is 0 Å². The fourth-order valence-corrected chi connectivity index (χ4v) is 2.93. The molecule has 1 heteroatoms. The molecule has 4 rings (SSSR count). The second-order valence-corrected chi connectivity index (χ2v) is 4.62. The Morgan fingerprint density at radius 1 is 0.929 bits per heavy atom. The van der Waals surface area contributed by atoms with Crippen molar-refractivity contribution in [1.82, 2.24) is 0 Å². The molecule has 0 aliphatic heterocycles. The normalized spacial score (nSPS) is 39.9. The van der Waals surface area contributed by atoms with Gasteiger partial charge in [-0.1, -0.05) is 24.3 Å². The summed E-state index contributed by atoms with van der Waals surface area (Å²) >= 11 is 0. The van der Waals surface area contributed by atoms with Crippen LogP contribution < -0.4 is 0 Å². The van der Waals surface area contributed by atoms with Gasteiger partial charge in [-0.2, -0.15) is 0 Å². The number of aliphatic hydroxyl groups excluding tert-OH is 1. The van der Waals surface area contributed by atoms with Crippen molar-refractivity contribution < 1.29 is 5.11 Å². The maximum absolute atomic E-state index is 9.62. The Hall–Kier alpha value is -0.820. The van der Waals surface area contributed by atoms with Crippen molar-refractivity contribution in [2.24, 2.45) is 11.8 Å². The molecule has 0 radical (unpaired) electrons. The van der Waals surface area contributed by atoms with Crippen molar-refractivity contribution >= 4 is 0 Å². The van der Waals surface area contributed by atoms with Gasteiger partial charge in [0.1, 0.15) is 0 Å². The minimum Gasteiger partial charge on any atom is -0.392 e. The number of rotatable bonds is 0. The van der Waals surface area contributed by atoms with E-state index in [0.717, 1.165) is 12.8 Å². The summed E-state index contributed by atoms with van der Waals surface area (Å²) < 4.78 is 0. The van der Waals surface area contributed by atoms with Crippen molar-refractivity contribution in [2.45, 2.75) is 31.8 Å². The molecule has 1 N–H and O–H groups in total. The molecular formula is C13H16O. The lowest BCUT2D eigenvalue weighted by molar-refractivity contribution is 0.182. The first-order valence-corrected chi connectivity index (χ1v) is 5.61. The number of fused-ring (bicyclic) bond motifs is 1. The molecule has 0 aromatic rings. The van der Waals surface area contributed by atoms with Crippen LogP contribution in [0.2, 0.25) is 0 Å². The van der Waals surface area contributed by atoms with Crippen LogP contribution in [-0.2, 0) is 0 Å². The number of allylic oxidation sites excluding steroid dienone is 4. The average Bonchev–Trinajstić information content (AvgIpc) is 2.44. The molecule has 4 aliphatic rings. The van der Waals surface area contributed by atoms with Gasteiger partial charge in [-0.05, 0) is 36.8 Å². The van der Waals surface area contributed by atoms with Crippen LogP contribution in [-0.4, -0.2) is 11.2 Å². The van der Waals surface area contributed by atoms with E-state index in [1.165, 1.54) is 24.0 Å². The first kappa shape index (κ1) is 8.49. The van der Waals surface area contributed by atoms with Crippen molar-refractivity contribution in [1.29, 1.82) is 0 Å². The summed E-state index contributed by atoms with van der Waals surface area (Å²) in [5.74, 6) is 1.30. The van der Waals surface area contributed by atoms with Gasteiger partial charge in [0.2, 0.25) is 0 Å². The third-order valence-corrected chi connectivity index (χ3v) is 3.72. The standard InChI is InChI=1S/C13H16O/c14-11-5-7-12-9-1-2-10(4-3-9)13(12)8-6-11/h1-2,7-11,14H,3-6H2. The van der Waals surface area contributed by atoms with E-state index in [4.69, 9.17) is 0 Å². The molecule has 0 amide bonds. The minimum atomic E-state index is -0.153. The molecule has 2 unspecified atom stereocenters. The van der Waals surface area contributed by atoms with Crippen LogP contribution in [0.3, 0.4) is 0 Å². The van der Waals surface area contributed by atoms with Gasteiger partial charge in [0.25, 0.3) is 0 Å². The highest BCUT2D eigenvalue weighted by Crippen LogP contribution is 2.45. The first-order chi connectivity index (χ1) is 6.84. The Labute approximate surface area is 84.8 Å². The van der Waals surface area contributed by atoms with E-state index in [-0.39, 0.29) is 6.10 Å². The van der Waals surface area contributed by atoms with Crippen molar-refractivity contribution in [3.63, 3.8) is 0 Å². The lowest BCUT2D eigenvalue weighted by atomic mass is 9.69. The summed E-state index contributed by atoms with van der Waals surface area (Å²) in [5, 5.41) is 9.62. The molecular weight excluding hydrogens is 172 g/mol. The SMILES string of the molecule is OC1CC=C2C(=CC1)C1C=CC2CC1. The highest BCUT2D eigenvalue weighted by atomic mass is 16.3. The number of hydrogen-bond donors (Lipinski definition) is 1. The molecule has 1 fully saturated rings. The maximum Gasteiger partial charge on any atom is 0.0609 e. The van der Waals surface area contributed by atoms with Gasteiger partial charge in [0.05, 0.1) is 6.10 Å². The highest BCUT2D eigenvalue weighted by Gasteiger charge is 2.32. The summed E-state index contributed by atoms with van der Waals surface area (Å²) in [4.78, 5) is 0. The predicted molar refractivity (Wildman–Crippen MR) is 56.8 cm³/mol. The summed E-state index contributed by atoms with van der Waals surface area (Å²) in [6, 6.07) is 0. The predicted octanol–water partition coefficient (Wildman–Crippen LogP) is 2.59. The summed E-state index contributed by atoms with van der Waals surface area (Å²) in [5.41, 5.74) is 3.03. The third-order valence-electron chi connectivity index (χ3n) is 3.72. The zero-order chi connectivity index (χ0) is 9.54. The van der Waals surface area contributed by atoms with E-state index < -0.39 is 0 Å². The highest BCUT2D eigenvalue weighted by molar-refractivity contribution is 5.45. The van der Waals surface area contributed by atoms with Gasteiger partial charge < -0.3 is 5.11 Å². The van der Waals surface area contributed by atoms with E-state index in [9.17, 15) is 5.11 Å². The van der Waals surface area contributed by atoms with Crippen LogP contribution in [0.15, 0.2) is 35.5 Å². The van der Waals surface area contributed by atoms with Gasteiger partial charge >= 0.3 is 0 Å². The fraction of sp³-hybridized carbons (Fsp3) is 0.538. The van der Waals surface area contributed by atoms with E-state index in [1.807, 2.05) is 0 Å². The van der Waals surface area contributed by atoms with Gasteiger partial charge in [-0.25, -0.2) is 0 Å². The van der Waals surface area contributed by atoms with Crippen LogP contribution in [0.1, 0.15) is 25.7 Å². The van der Waals surface area contributed by atoms with Crippen molar-refractivity contribution in [2.75, 3.05) is 0 Å². The monoisotopic (exact) mass is 188 g/mol. The quantitative estimate of drug-likeness (QED) is 0.579. The molecule has 0 aromatic heterocycles. The van der Waals surface area contributed by atoms with Crippen LogP contribution in [0, 0.1) is 11.8 Å². The third kappa shape index (κ3) is 1.19. The molecule has 0 spiro atoms. The molecule has 0 saturated heterocycles. The average molecular weight is 188 g/mol. The second kappa shape index (κ2) is 3.09. The van der Waals surface area contributed by atoms with Crippen LogP contribution in [0.5, 0.6) is 0 Å². The van der Waals surface area contributed by atoms with E-state index >= 15 is 0 Å². The van der Waals surface area contributed by atoms with Crippen LogP contribution >= 0.6 is 0 Å². The molecule has 0 aromatic carbocycles.